The first kappa shape index (κ1) is 17.4. The Morgan fingerprint density at radius 1 is 1.24 bits per heavy atom. The molecule has 0 amide bonds. The number of carbonyl (C=O) groups excluding carboxylic acids is 1. The molecule has 0 spiro atoms. The Kier molecular flexibility index (Phi) is 5.27. The van der Waals surface area contributed by atoms with Crippen LogP contribution in [0.15, 0.2) is 27.8 Å². The number of phenols is 1. The molecule has 1 N–H and O–H groups in total. The Hall–Kier alpha value is -1.70. The number of methoxy groups -OCH3 is 1. The summed E-state index contributed by atoms with van der Waals surface area (Å²) in [4.78, 5) is 11.3. The molecule has 0 aliphatic heterocycles. The molecule has 0 unspecified atom stereocenters. The Labute approximate surface area is 122 Å². The van der Waals surface area contributed by atoms with Gasteiger partial charge in [0, 0.05) is 4.90 Å². The normalized spacial score (nSPS) is 12.9. The van der Waals surface area contributed by atoms with E-state index in [-0.39, 0.29) is 22.4 Å². The lowest BCUT2D eigenvalue weighted by molar-refractivity contribution is -0.148. The van der Waals surface area contributed by atoms with Gasteiger partial charge >= 0.3 is 12.1 Å². The van der Waals surface area contributed by atoms with Gasteiger partial charge in [0.1, 0.15) is 5.75 Å². The van der Waals surface area contributed by atoms with Crippen molar-refractivity contribution < 1.29 is 32.2 Å². The summed E-state index contributed by atoms with van der Waals surface area (Å²) in [6, 6.07) is 2.51. The van der Waals surface area contributed by atoms with E-state index in [0.717, 1.165) is 7.11 Å². The molecule has 0 aliphatic carbocycles. The predicted octanol–water partition coefficient (Wildman–Crippen LogP) is 4.02. The summed E-state index contributed by atoms with van der Waals surface area (Å²) in [7, 11) is 0.738. The average molecular weight is 324 g/mol. The summed E-state index contributed by atoms with van der Waals surface area (Å²) < 4.78 is 55.9. The number of benzene rings is 1. The van der Waals surface area contributed by atoms with Gasteiger partial charge in [0.2, 0.25) is 0 Å². The second-order valence-electron chi connectivity index (χ2n) is 4.07. The quantitative estimate of drug-likeness (QED) is 0.395. The minimum atomic E-state index is -5.16. The van der Waals surface area contributed by atoms with Crippen LogP contribution in [0.4, 0.5) is 17.6 Å². The van der Waals surface area contributed by atoms with Crippen molar-refractivity contribution in [3.8, 4) is 5.75 Å². The zero-order valence-electron chi connectivity index (χ0n) is 11.3. The molecule has 8 heteroatoms. The van der Waals surface area contributed by atoms with Gasteiger partial charge in [0.15, 0.2) is 10.7 Å². The molecular weight excluding hydrogens is 312 g/mol. The number of esters is 1. The highest BCUT2D eigenvalue weighted by Crippen LogP contribution is 2.40. The Balaban J connectivity index is 3.29. The van der Waals surface area contributed by atoms with Crippen LogP contribution in [0, 0.1) is 13.8 Å². The maximum Gasteiger partial charge on any atom is 0.426 e. The van der Waals surface area contributed by atoms with Crippen LogP contribution < -0.4 is 0 Å². The average Bonchev–Trinajstić information content (AvgIpc) is 2.37. The highest BCUT2D eigenvalue weighted by molar-refractivity contribution is 8.03. The molecule has 0 aliphatic rings. The third-order valence-electron chi connectivity index (χ3n) is 2.78. The highest BCUT2D eigenvalue weighted by Gasteiger charge is 2.43. The van der Waals surface area contributed by atoms with E-state index in [2.05, 4.69) is 4.74 Å². The molecule has 0 fully saturated rings. The molecule has 1 rings (SSSR count). The molecule has 0 atom stereocenters. The third-order valence-corrected chi connectivity index (χ3v) is 3.82. The molecule has 3 nitrogen and oxygen atoms in total. The Morgan fingerprint density at radius 3 is 2.29 bits per heavy atom. The van der Waals surface area contributed by atoms with Gasteiger partial charge in [-0.15, -0.1) is 0 Å². The Bertz CT molecular complexity index is 594. The van der Waals surface area contributed by atoms with E-state index >= 15 is 0 Å². The number of carbonyl (C=O) groups is 1. The van der Waals surface area contributed by atoms with Crippen molar-refractivity contribution in [2.24, 2.45) is 0 Å². The maximum absolute atomic E-state index is 13.9. The van der Waals surface area contributed by atoms with Crippen molar-refractivity contribution in [1.29, 1.82) is 0 Å². The number of thioether (sulfide) groups is 1. The van der Waals surface area contributed by atoms with Crippen molar-refractivity contribution in [2.75, 3.05) is 7.11 Å². The van der Waals surface area contributed by atoms with E-state index in [9.17, 15) is 27.5 Å². The predicted molar refractivity (Wildman–Crippen MR) is 69.6 cm³/mol. The lowest BCUT2D eigenvalue weighted by Crippen LogP contribution is -2.22. The van der Waals surface area contributed by atoms with E-state index in [1.54, 1.807) is 6.92 Å². The van der Waals surface area contributed by atoms with Crippen LogP contribution >= 0.6 is 11.8 Å². The van der Waals surface area contributed by atoms with Crippen molar-refractivity contribution in [2.45, 2.75) is 24.9 Å². The summed E-state index contributed by atoms with van der Waals surface area (Å²) >= 11 is 0.153. The summed E-state index contributed by atoms with van der Waals surface area (Å²) in [6.45, 7) is 3.07. The van der Waals surface area contributed by atoms with Gasteiger partial charge in [-0.2, -0.15) is 17.6 Å². The van der Waals surface area contributed by atoms with E-state index in [1.165, 1.54) is 19.1 Å². The standard InChI is InChI=1S/C13H12F4O3S/c1-6-7(2)9(5-4-8(6)18)21-11(14)10(12(19)20-3)13(15,16)17/h4-5,18H,1-3H3/b11-10+. The van der Waals surface area contributed by atoms with E-state index in [1.807, 2.05) is 0 Å². The molecular formula is C13H12F4O3S. The summed E-state index contributed by atoms with van der Waals surface area (Å²) in [6.07, 6.45) is -5.16. The third kappa shape index (κ3) is 3.90. The zero-order chi connectivity index (χ0) is 16.4. The van der Waals surface area contributed by atoms with E-state index < -0.39 is 22.9 Å². The monoisotopic (exact) mass is 324 g/mol. The first-order valence-electron chi connectivity index (χ1n) is 5.61. The summed E-state index contributed by atoms with van der Waals surface area (Å²) in [5.41, 5.74) is -1.15. The van der Waals surface area contributed by atoms with Crippen LogP contribution in [0.25, 0.3) is 0 Å². The summed E-state index contributed by atoms with van der Waals surface area (Å²) in [5.74, 6) is -1.84. The van der Waals surface area contributed by atoms with Gasteiger partial charge in [-0.3, -0.25) is 0 Å². The van der Waals surface area contributed by atoms with Crippen LogP contribution in [0.2, 0.25) is 0 Å². The topological polar surface area (TPSA) is 46.5 Å². The molecule has 0 saturated heterocycles. The molecule has 0 bridgehead atoms. The molecule has 1 aromatic rings. The largest absolute Gasteiger partial charge is 0.508 e. The van der Waals surface area contributed by atoms with E-state index in [4.69, 9.17) is 0 Å². The number of halogens is 4. The minimum Gasteiger partial charge on any atom is -0.508 e. The van der Waals surface area contributed by atoms with Gasteiger partial charge in [-0.05, 0) is 37.1 Å². The molecule has 0 heterocycles. The number of hydrogen-bond donors (Lipinski definition) is 1. The van der Waals surface area contributed by atoms with Crippen molar-refractivity contribution in [3.63, 3.8) is 0 Å². The lowest BCUT2D eigenvalue weighted by atomic mass is 10.1. The number of hydrogen-bond acceptors (Lipinski definition) is 4. The zero-order valence-corrected chi connectivity index (χ0v) is 12.2. The van der Waals surface area contributed by atoms with Gasteiger partial charge in [-0.25, -0.2) is 4.79 Å². The molecule has 21 heavy (non-hydrogen) atoms. The maximum atomic E-state index is 13.9. The number of aromatic hydroxyl groups is 1. The highest BCUT2D eigenvalue weighted by atomic mass is 32.2. The van der Waals surface area contributed by atoms with Gasteiger partial charge in [0.25, 0.3) is 0 Å². The first-order chi connectivity index (χ1) is 9.59. The molecule has 116 valence electrons. The smallest absolute Gasteiger partial charge is 0.426 e. The first-order valence-corrected chi connectivity index (χ1v) is 6.43. The van der Waals surface area contributed by atoms with E-state index in [0.29, 0.717) is 11.1 Å². The fourth-order valence-corrected chi connectivity index (χ4v) is 2.39. The lowest BCUT2D eigenvalue weighted by Gasteiger charge is -2.12. The fourth-order valence-electron chi connectivity index (χ4n) is 1.45. The number of ether oxygens (including phenoxy) is 1. The molecule has 1 aromatic carbocycles. The fraction of sp³-hybridized carbons (Fsp3) is 0.308. The van der Waals surface area contributed by atoms with Gasteiger partial charge in [-0.1, -0.05) is 11.8 Å². The number of rotatable bonds is 3. The van der Waals surface area contributed by atoms with Crippen LogP contribution in [0.3, 0.4) is 0 Å². The number of phenolic OH excluding ortho intramolecular Hbond substituents is 1. The second-order valence-corrected chi connectivity index (χ2v) is 5.08. The minimum absolute atomic E-state index is 0.0507. The van der Waals surface area contributed by atoms with Gasteiger partial charge in [0.05, 0.1) is 7.11 Å². The molecule has 0 radical (unpaired) electrons. The van der Waals surface area contributed by atoms with Crippen molar-refractivity contribution in [3.05, 3.63) is 34.0 Å². The van der Waals surface area contributed by atoms with Crippen LogP contribution in [-0.2, 0) is 9.53 Å². The second kappa shape index (κ2) is 6.38. The Morgan fingerprint density at radius 2 is 1.81 bits per heavy atom. The van der Waals surface area contributed by atoms with Crippen molar-refractivity contribution in [1.82, 2.24) is 0 Å². The van der Waals surface area contributed by atoms with Crippen LogP contribution in [0.5, 0.6) is 5.75 Å². The van der Waals surface area contributed by atoms with Gasteiger partial charge < -0.3 is 9.84 Å². The molecule has 0 aromatic heterocycles. The SMILES string of the molecule is COC(=O)/C(=C(/F)Sc1ccc(O)c(C)c1C)C(F)(F)F. The number of alkyl halides is 3. The van der Waals surface area contributed by atoms with Crippen LogP contribution in [0.1, 0.15) is 11.1 Å². The molecule has 0 saturated carbocycles. The summed E-state index contributed by atoms with van der Waals surface area (Å²) in [5, 5.41) is 7.75. The van der Waals surface area contributed by atoms with Crippen molar-refractivity contribution >= 4 is 17.7 Å². The van der Waals surface area contributed by atoms with Crippen LogP contribution in [-0.4, -0.2) is 24.4 Å².